The van der Waals surface area contributed by atoms with Crippen molar-refractivity contribution in [2.45, 2.75) is 31.0 Å². The molecule has 1 saturated heterocycles. The van der Waals surface area contributed by atoms with Crippen LogP contribution in [0.25, 0.3) is 0 Å². The largest absolute Gasteiger partial charge is 0.306 e. The van der Waals surface area contributed by atoms with Gasteiger partial charge in [0, 0.05) is 4.83 Å². The van der Waals surface area contributed by atoms with Crippen molar-refractivity contribution >= 4 is 15.9 Å². The van der Waals surface area contributed by atoms with E-state index in [2.05, 4.69) is 34.8 Å². The van der Waals surface area contributed by atoms with Crippen molar-refractivity contribution in [3.63, 3.8) is 0 Å². The molecule has 1 unspecified atom stereocenters. The Balaban J connectivity index is 2.27. The fourth-order valence-corrected chi connectivity index (χ4v) is 2.25. The van der Waals surface area contributed by atoms with Crippen molar-refractivity contribution in [3.05, 3.63) is 0 Å². The van der Waals surface area contributed by atoms with Gasteiger partial charge in [0.15, 0.2) is 0 Å². The van der Waals surface area contributed by atoms with E-state index in [1.54, 1.807) is 0 Å². The van der Waals surface area contributed by atoms with Crippen LogP contribution in [0.2, 0.25) is 0 Å². The lowest BCUT2D eigenvalue weighted by atomic mass is 9.93. The van der Waals surface area contributed by atoms with Crippen molar-refractivity contribution in [2.75, 3.05) is 20.1 Å². The second kappa shape index (κ2) is 4.46. The van der Waals surface area contributed by atoms with Gasteiger partial charge in [-0.2, -0.15) is 0 Å². The number of rotatable bonds is 2. The highest BCUT2D eigenvalue weighted by atomic mass is 79.9. The Labute approximate surface area is 78.3 Å². The summed E-state index contributed by atoms with van der Waals surface area (Å²) in [5, 5.41) is 0. The van der Waals surface area contributed by atoms with E-state index in [0.29, 0.717) is 0 Å². The Bertz CT molecular complexity index is 108. The number of hydrogen-bond acceptors (Lipinski definition) is 1. The van der Waals surface area contributed by atoms with E-state index in [1.807, 2.05) is 0 Å². The van der Waals surface area contributed by atoms with Crippen LogP contribution in [0, 0.1) is 5.92 Å². The molecule has 66 valence electrons. The first-order valence-corrected chi connectivity index (χ1v) is 5.48. The maximum atomic E-state index is 3.74. The Hall–Kier alpha value is 0.440. The van der Waals surface area contributed by atoms with Crippen molar-refractivity contribution in [2.24, 2.45) is 5.92 Å². The SMILES string of the molecule is CCC(Br)C1CCN(C)CC1. The molecule has 0 radical (unpaired) electrons. The molecule has 1 heterocycles. The van der Waals surface area contributed by atoms with Gasteiger partial charge in [-0.15, -0.1) is 0 Å². The number of nitrogens with zero attached hydrogens (tertiary/aromatic N) is 1. The monoisotopic (exact) mass is 219 g/mol. The molecule has 0 N–H and O–H groups in total. The predicted octanol–water partition coefficient (Wildman–Crippen LogP) is 2.50. The summed E-state index contributed by atoms with van der Waals surface area (Å²) in [6, 6.07) is 0. The third kappa shape index (κ3) is 2.75. The Kier molecular flexibility index (Phi) is 3.86. The molecule has 1 nitrogen and oxygen atoms in total. The van der Waals surface area contributed by atoms with E-state index in [0.717, 1.165) is 10.7 Å². The van der Waals surface area contributed by atoms with Crippen molar-refractivity contribution in [3.8, 4) is 0 Å². The van der Waals surface area contributed by atoms with Gasteiger partial charge >= 0.3 is 0 Å². The van der Waals surface area contributed by atoms with Crippen LogP contribution < -0.4 is 0 Å². The lowest BCUT2D eigenvalue weighted by molar-refractivity contribution is 0.216. The number of piperidine rings is 1. The van der Waals surface area contributed by atoms with Crippen LogP contribution in [0.1, 0.15) is 26.2 Å². The highest BCUT2D eigenvalue weighted by molar-refractivity contribution is 9.09. The van der Waals surface area contributed by atoms with Crippen LogP contribution in [-0.2, 0) is 0 Å². The molecule has 1 aliphatic rings. The molecule has 1 fully saturated rings. The molecule has 1 aliphatic heterocycles. The molecule has 0 aliphatic carbocycles. The molecule has 1 atom stereocenters. The van der Waals surface area contributed by atoms with E-state index < -0.39 is 0 Å². The first kappa shape index (κ1) is 9.53. The van der Waals surface area contributed by atoms with Crippen LogP contribution in [0.15, 0.2) is 0 Å². The fraction of sp³-hybridized carbons (Fsp3) is 1.00. The van der Waals surface area contributed by atoms with Crippen molar-refractivity contribution in [1.29, 1.82) is 0 Å². The second-order valence-electron chi connectivity index (χ2n) is 3.56. The van der Waals surface area contributed by atoms with E-state index >= 15 is 0 Å². The molecule has 0 amide bonds. The third-order valence-electron chi connectivity index (χ3n) is 2.66. The molecule has 0 aromatic rings. The number of likely N-dealkylation sites (tertiary alicyclic amines) is 1. The van der Waals surface area contributed by atoms with Gasteiger partial charge < -0.3 is 4.90 Å². The second-order valence-corrected chi connectivity index (χ2v) is 4.74. The molecule has 0 bridgehead atoms. The van der Waals surface area contributed by atoms with E-state index in [-0.39, 0.29) is 0 Å². The van der Waals surface area contributed by atoms with Gasteiger partial charge in [-0.25, -0.2) is 0 Å². The maximum absolute atomic E-state index is 3.74. The minimum absolute atomic E-state index is 0.760. The van der Waals surface area contributed by atoms with Crippen LogP contribution in [0.4, 0.5) is 0 Å². The van der Waals surface area contributed by atoms with Crippen LogP contribution in [0.5, 0.6) is 0 Å². The van der Waals surface area contributed by atoms with Crippen LogP contribution in [-0.4, -0.2) is 29.9 Å². The average Bonchev–Trinajstić information content (AvgIpc) is 2.05. The zero-order valence-electron chi connectivity index (χ0n) is 7.52. The zero-order valence-corrected chi connectivity index (χ0v) is 9.10. The maximum Gasteiger partial charge on any atom is 0.0172 e. The van der Waals surface area contributed by atoms with Gasteiger partial charge in [0.25, 0.3) is 0 Å². The molecule has 1 rings (SSSR count). The highest BCUT2D eigenvalue weighted by Crippen LogP contribution is 2.26. The van der Waals surface area contributed by atoms with Gasteiger partial charge in [-0.3, -0.25) is 0 Å². The van der Waals surface area contributed by atoms with Gasteiger partial charge in [-0.1, -0.05) is 22.9 Å². The normalized spacial score (nSPS) is 25.4. The zero-order chi connectivity index (χ0) is 8.27. The Morgan fingerprint density at radius 2 is 2.00 bits per heavy atom. The van der Waals surface area contributed by atoms with E-state index in [4.69, 9.17) is 0 Å². The highest BCUT2D eigenvalue weighted by Gasteiger charge is 2.21. The van der Waals surface area contributed by atoms with Gasteiger partial charge in [-0.05, 0) is 45.3 Å². The Morgan fingerprint density at radius 3 is 2.45 bits per heavy atom. The smallest absolute Gasteiger partial charge is 0.0172 e. The molecular formula is C9H18BrN. The topological polar surface area (TPSA) is 3.24 Å². The minimum Gasteiger partial charge on any atom is -0.306 e. The summed E-state index contributed by atoms with van der Waals surface area (Å²) in [4.78, 5) is 3.18. The fourth-order valence-electron chi connectivity index (χ4n) is 1.72. The number of alkyl halides is 1. The van der Waals surface area contributed by atoms with E-state index in [1.165, 1.54) is 32.4 Å². The summed E-state index contributed by atoms with van der Waals surface area (Å²) in [5.74, 6) is 0.927. The number of halogens is 1. The molecule has 0 aromatic heterocycles. The van der Waals surface area contributed by atoms with Crippen molar-refractivity contribution < 1.29 is 0 Å². The molecule has 2 heteroatoms. The standard InChI is InChI=1S/C9H18BrN/c1-3-9(10)8-4-6-11(2)7-5-8/h8-9H,3-7H2,1-2H3. The molecule has 0 spiro atoms. The predicted molar refractivity (Wildman–Crippen MR) is 53.2 cm³/mol. The summed E-state index contributed by atoms with van der Waals surface area (Å²) in [5.41, 5.74) is 0. The lowest BCUT2D eigenvalue weighted by Gasteiger charge is -2.31. The molecule has 0 saturated carbocycles. The Morgan fingerprint density at radius 1 is 1.45 bits per heavy atom. The van der Waals surface area contributed by atoms with E-state index in [9.17, 15) is 0 Å². The van der Waals surface area contributed by atoms with Gasteiger partial charge in [0.1, 0.15) is 0 Å². The first-order valence-electron chi connectivity index (χ1n) is 4.56. The quantitative estimate of drug-likeness (QED) is 0.646. The molecular weight excluding hydrogens is 202 g/mol. The average molecular weight is 220 g/mol. The summed E-state index contributed by atoms with van der Waals surface area (Å²) < 4.78 is 0. The number of hydrogen-bond donors (Lipinski definition) is 0. The third-order valence-corrected chi connectivity index (χ3v) is 4.06. The van der Waals surface area contributed by atoms with Gasteiger partial charge in [0.2, 0.25) is 0 Å². The van der Waals surface area contributed by atoms with Crippen LogP contribution in [0.3, 0.4) is 0 Å². The minimum atomic E-state index is 0.760. The first-order chi connectivity index (χ1) is 5.24. The summed E-state index contributed by atoms with van der Waals surface area (Å²) >= 11 is 3.74. The molecule has 0 aromatic carbocycles. The summed E-state index contributed by atoms with van der Waals surface area (Å²) in [6.07, 6.45) is 4.02. The van der Waals surface area contributed by atoms with Crippen LogP contribution >= 0.6 is 15.9 Å². The summed E-state index contributed by atoms with van der Waals surface area (Å²) in [7, 11) is 2.21. The molecule has 11 heavy (non-hydrogen) atoms. The van der Waals surface area contributed by atoms with Gasteiger partial charge in [0.05, 0.1) is 0 Å². The summed E-state index contributed by atoms with van der Waals surface area (Å²) in [6.45, 7) is 4.83. The lowest BCUT2D eigenvalue weighted by Crippen LogP contribution is -2.33. The van der Waals surface area contributed by atoms with Crippen molar-refractivity contribution in [1.82, 2.24) is 4.90 Å².